The monoisotopic (exact) mass is 216 g/mol. The third kappa shape index (κ3) is 1.93. The quantitative estimate of drug-likeness (QED) is 0.728. The molecular formula is C8H9BrO2. The third-order valence-corrected chi connectivity index (χ3v) is 1.97. The SMILES string of the molecule is CC[C@@H](C=O)c1cc(Br)co1. The predicted octanol–water partition coefficient (Wildman–Crippen LogP) is 2.73. The summed E-state index contributed by atoms with van der Waals surface area (Å²) in [5, 5.41) is 0. The number of rotatable bonds is 3. The van der Waals surface area contributed by atoms with E-state index in [0.29, 0.717) is 0 Å². The van der Waals surface area contributed by atoms with E-state index in [4.69, 9.17) is 4.42 Å². The molecule has 0 amide bonds. The van der Waals surface area contributed by atoms with Gasteiger partial charge in [0, 0.05) is 0 Å². The second kappa shape index (κ2) is 3.72. The zero-order valence-electron chi connectivity index (χ0n) is 6.21. The second-order valence-corrected chi connectivity index (χ2v) is 3.23. The molecular weight excluding hydrogens is 208 g/mol. The smallest absolute Gasteiger partial charge is 0.130 e. The van der Waals surface area contributed by atoms with Crippen molar-refractivity contribution in [2.24, 2.45) is 0 Å². The van der Waals surface area contributed by atoms with E-state index in [1.54, 1.807) is 6.26 Å². The molecule has 0 saturated carbocycles. The van der Waals surface area contributed by atoms with Crippen molar-refractivity contribution < 1.29 is 9.21 Å². The lowest BCUT2D eigenvalue weighted by Gasteiger charge is -2.00. The molecule has 11 heavy (non-hydrogen) atoms. The Morgan fingerprint density at radius 3 is 2.91 bits per heavy atom. The molecule has 1 aromatic rings. The van der Waals surface area contributed by atoms with E-state index in [0.717, 1.165) is 22.9 Å². The largest absolute Gasteiger partial charge is 0.467 e. The van der Waals surface area contributed by atoms with Crippen LogP contribution in [0.4, 0.5) is 0 Å². The Morgan fingerprint density at radius 2 is 2.55 bits per heavy atom. The Morgan fingerprint density at radius 1 is 1.82 bits per heavy atom. The van der Waals surface area contributed by atoms with Gasteiger partial charge in [-0.25, -0.2) is 0 Å². The van der Waals surface area contributed by atoms with Gasteiger partial charge >= 0.3 is 0 Å². The van der Waals surface area contributed by atoms with Crippen LogP contribution >= 0.6 is 15.9 Å². The molecule has 0 aliphatic rings. The first kappa shape index (κ1) is 8.53. The van der Waals surface area contributed by atoms with Crippen LogP contribution in [0.3, 0.4) is 0 Å². The third-order valence-electron chi connectivity index (χ3n) is 1.56. The van der Waals surface area contributed by atoms with E-state index in [2.05, 4.69) is 15.9 Å². The lowest BCUT2D eigenvalue weighted by molar-refractivity contribution is -0.109. The fraction of sp³-hybridized carbons (Fsp3) is 0.375. The molecule has 0 unspecified atom stereocenters. The average molecular weight is 217 g/mol. The first-order chi connectivity index (χ1) is 5.27. The van der Waals surface area contributed by atoms with Gasteiger partial charge in [0.15, 0.2) is 0 Å². The maximum atomic E-state index is 10.5. The lowest BCUT2D eigenvalue weighted by atomic mass is 10.1. The van der Waals surface area contributed by atoms with Crippen molar-refractivity contribution >= 4 is 22.2 Å². The van der Waals surface area contributed by atoms with Crippen molar-refractivity contribution in [2.45, 2.75) is 19.3 Å². The summed E-state index contributed by atoms with van der Waals surface area (Å²) in [6, 6.07) is 1.82. The summed E-state index contributed by atoms with van der Waals surface area (Å²) < 4.78 is 6.01. The van der Waals surface area contributed by atoms with Gasteiger partial charge in [0.2, 0.25) is 0 Å². The van der Waals surface area contributed by atoms with Crippen molar-refractivity contribution in [1.82, 2.24) is 0 Å². The van der Waals surface area contributed by atoms with E-state index in [1.807, 2.05) is 13.0 Å². The highest BCUT2D eigenvalue weighted by Gasteiger charge is 2.11. The van der Waals surface area contributed by atoms with Gasteiger partial charge in [0.05, 0.1) is 10.4 Å². The molecule has 0 N–H and O–H groups in total. The maximum Gasteiger partial charge on any atom is 0.130 e. The fourth-order valence-electron chi connectivity index (χ4n) is 0.887. The maximum absolute atomic E-state index is 10.5. The predicted molar refractivity (Wildman–Crippen MR) is 45.5 cm³/mol. The molecule has 0 aliphatic carbocycles. The van der Waals surface area contributed by atoms with Gasteiger partial charge < -0.3 is 9.21 Å². The molecule has 60 valence electrons. The standard InChI is InChI=1S/C8H9BrO2/c1-2-6(4-10)8-3-7(9)5-11-8/h3-6H,2H2,1H3/t6-/m0/s1. The van der Waals surface area contributed by atoms with Gasteiger partial charge in [-0.1, -0.05) is 6.92 Å². The Hall–Kier alpha value is -0.570. The minimum absolute atomic E-state index is 0.0960. The highest BCUT2D eigenvalue weighted by atomic mass is 79.9. The van der Waals surface area contributed by atoms with E-state index in [1.165, 1.54) is 0 Å². The zero-order chi connectivity index (χ0) is 8.27. The highest BCUT2D eigenvalue weighted by molar-refractivity contribution is 9.10. The Kier molecular flexibility index (Phi) is 2.88. The molecule has 0 saturated heterocycles. The first-order valence-corrected chi connectivity index (χ1v) is 4.26. The second-order valence-electron chi connectivity index (χ2n) is 2.32. The minimum atomic E-state index is -0.0960. The highest BCUT2D eigenvalue weighted by Crippen LogP contribution is 2.22. The number of furan rings is 1. The molecule has 0 spiro atoms. The summed E-state index contributed by atoms with van der Waals surface area (Å²) >= 11 is 3.25. The fourth-order valence-corrected chi connectivity index (χ4v) is 1.21. The number of carbonyl (C=O) groups is 1. The van der Waals surface area contributed by atoms with E-state index in [-0.39, 0.29) is 5.92 Å². The number of aldehydes is 1. The Balaban J connectivity index is 2.81. The van der Waals surface area contributed by atoms with Gasteiger partial charge in [0.1, 0.15) is 18.3 Å². The number of hydrogen-bond donors (Lipinski definition) is 0. The number of halogens is 1. The van der Waals surface area contributed by atoms with Crippen molar-refractivity contribution in [1.29, 1.82) is 0 Å². The zero-order valence-corrected chi connectivity index (χ0v) is 7.80. The molecule has 1 heterocycles. The van der Waals surface area contributed by atoms with Crippen LogP contribution in [0.2, 0.25) is 0 Å². The van der Waals surface area contributed by atoms with Gasteiger partial charge in [0.25, 0.3) is 0 Å². The topological polar surface area (TPSA) is 30.2 Å². The van der Waals surface area contributed by atoms with Crippen molar-refractivity contribution in [3.8, 4) is 0 Å². The molecule has 2 nitrogen and oxygen atoms in total. The summed E-state index contributed by atoms with van der Waals surface area (Å²) in [4.78, 5) is 10.5. The van der Waals surface area contributed by atoms with Crippen LogP contribution < -0.4 is 0 Å². The average Bonchev–Trinajstić information content (AvgIpc) is 2.39. The van der Waals surface area contributed by atoms with Crippen LogP contribution in [0.15, 0.2) is 21.2 Å². The van der Waals surface area contributed by atoms with Crippen LogP contribution in [-0.2, 0) is 4.79 Å². The molecule has 0 aliphatic heterocycles. The van der Waals surface area contributed by atoms with E-state index < -0.39 is 0 Å². The summed E-state index contributed by atoms with van der Waals surface area (Å²) in [6.45, 7) is 1.95. The van der Waals surface area contributed by atoms with Crippen LogP contribution in [0.25, 0.3) is 0 Å². The molecule has 3 heteroatoms. The molecule has 0 bridgehead atoms. The normalized spacial score (nSPS) is 12.9. The van der Waals surface area contributed by atoms with Crippen LogP contribution in [-0.4, -0.2) is 6.29 Å². The van der Waals surface area contributed by atoms with E-state index >= 15 is 0 Å². The van der Waals surface area contributed by atoms with Crippen molar-refractivity contribution in [3.63, 3.8) is 0 Å². The van der Waals surface area contributed by atoms with Gasteiger partial charge in [-0.05, 0) is 28.4 Å². The molecule has 0 fully saturated rings. The molecule has 1 atom stereocenters. The summed E-state index contributed by atoms with van der Waals surface area (Å²) in [5.74, 6) is 0.635. The number of hydrogen-bond acceptors (Lipinski definition) is 2. The molecule has 0 radical (unpaired) electrons. The summed E-state index contributed by atoms with van der Waals surface area (Å²) in [6.07, 6.45) is 3.27. The van der Waals surface area contributed by atoms with Crippen LogP contribution in [0.5, 0.6) is 0 Å². The van der Waals surface area contributed by atoms with Gasteiger partial charge in [-0.15, -0.1) is 0 Å². The van der Waals surface area contributed by atoms with Crippen molar-refractivity contribution in [3.05, 3.63) is 22.6 Å². The first-order valence-electron chi connectivity index (χ1n) is 3.47. The van der Waals surface area contributed by atoms with E-state index in [9.17, 15) is 4.79 Å². The van der Waals surface area contributed by atoms with Crippen LogP contribution in [0, 0.1) is 0 Å². The molecule has 1 aromatic heterocycles. The molecule has 1 rings (SSSR count). The number of carbonyl (C=O) groups excluding carboxylic acids is 1. The minimum Gasteiger partial charge on any atom is -0.467 e. The van der Waals surface area contributed by atoms with Crippen LogP contribution in [0.1, 0.15) is 25.0 Å². The summed E-state index contributed by atoms with van der Waals surface area (Å²) in [7, 11) is 0. The van der Waals surface area contributed by atoms with Gasteiger partial charge in [-0.2, -0.15) is 0 Å². The van der Waals surface area contributed by atoms with Gasteiger partial charge in [-0.3, -0.25) is 0 Å². The molecule has 0 aromatic carbocycles. The lowest BCUT2D eigenvalue weighted by Crippen LogP contribution is -1.95. The Labute approximate surface area is 73.7 Å². The summed E-state index contributed by atoms with van der Waals surface area (Å²) in [5.41, 5.74) is 0. The Bertz CT molecular complexity index is 242. The van der Waals surface area contributed by atoms with Crippen molar-refractivity contribution in [2.75, 3.05) is 0 Å².